The molecular weight excluding hydrogens is 176 g/mol. The molecule has 1 aromatic carbocycles. The van der Waals surface area contributed by atoms with Gasteiger partial charge in [0.1, 0.15) is 0 Å². The highest BCUT2D eigenvalue weighted by atomic mass is 35.5. The van der Waals surface area contributed by atoms with Crippen molar-refractivity contribution in [3.05, 3.63) is 34.3 Å². The van der Waals surface area contributed by atoms with Crippen LogP contribution in [0.5, 0.6) is 0 Å². The van der Waals surface area contributed by atoms with E-state index in [-0.39, 0.29) is 6.42 Å². The molecule has 64 valence electrons. The van der Waals surface area contributed by atoms with Gasteiger partial charge in [0, 0.05) is 17.4 Å². The van der Waals surface area contributed by atoms with Crippen molar-refractivity contribution in [2.45, 2.75) is 13.3 Å². The molecule has 0 aliphatic heterocycles. The van der Waals surface area contributed by atoms with Gasteiger partial charge in [0.15, 0.2) is 0 Å². The largest absolute Gasteiger partial charge is 0.550 e. The lowest BCUT2D eigenvalue weighted by Gasteiger charge is -2.05. The number of carbonyl (C=O) groups excluding carboxylic acids is 1. The Morgan fingerprint density at radius 2 is 2.25 bits per heavy atom. The van der Waals surface area contributed by atoms with E-state index in [1.165, 1.54) is 0 Å². The molecule has 0 aliphatic carbocycles. The number of carboxylic acid groups (broad SMARTS) is 1. The molecular formula is C9H8ClO2-. The molecule has 0 bridgehead atoms. The fourth-order valence-electron chi connectivity index (χ4n) is 0.994. The summed E-state index contributed by atoms with van der Waals surface area (Å²) in [5, 5.41) is 10.7. The first-order valence-electron chi connectivity index (χ1n) is 3.54. The highest BCUT2D eigenvalue weighted by Crippen LogP contribution is 2.17. The van der Waals surface area contributed by atoms with E-state index in [0.717, 1.165) is 5.56 Å². The van der Waals surface area contributed by atoms with Gasteiger partial charge in [0.05, 0.1) is 0 Å². The van der Waals surface area contributed by atoms with E-state index in [9.17, 15) is 9.90 Å². The number of benzene rings is 1. The summed E-state index contributed by atoms with van der Waals surface area (Å²) < 4.78 is 0. The molecule has 0 amide bonds. The van der Waals surface area contributed by atoms with Crippen LogP contribution in [0.15, 0.2) is 18.2 Å². The fraction of sp³-hybridized carbons (Fsp3) is 0.222. The zero-order chi connectivity index (χ0) is 9.14. The molecule has 0 fully saturated rings. The molecule has 0 radical (unpaired) electrons. The summed E-state index contributed by atoms with van der Waals surface area (Å²) in [4.78, 5) is 10.3. The molecule has 3 heteroatoms. The molecule has 0 atom stereocenters. The van der Waals surface area contributed by atoms with Gasteiger partial charge < -0.3 is 9.90 Å². The van der Waals surface area contributed by atoms with Crippen molar-refractivity contribution in [2.75, 3.05) is 0 Å². The molecule has 0 saturated heterocycles. The molecule has 1 rings (SSSR count). The second-order valence-electron chi connectivity index (χ2n) is 2.64. The average molecular weight is 184 g/mol. The number of halogens is 1. The van der Waals surface area contributed by atoms with Crippen LogP contribution < -0.4 is 5.11 Å². The van der Waals surface area contributed by atoms with Crippen LogP contribution in [-0.2, 0) is 11.2 Å². The van der Waals surface area contributed by atoms with E-state index in [4.69, 9.17) is 11.6 Å². The zero-order valence-electron chi connectivity index (χ0n) is 6.63. The van der Waals surface area contributed by atoms with E-state index in [1.807, 2.05) is 13.0 Å². The Hall–Kier alpha value is -1.02. The summed E-state index contributed by atoms with van der Waals surface area (Å²) in [5.74, 6) is -1.11. The molecule has 0 aromatic heterocycles. The second kappa shape index (κ2) is 3.59. The molecule has 0 N–H and O–H groups in total. The SMILES string of the molecule is Cc1ccc(Cl)c(CC(=O)[O-])c1. The summed E-state index contributed by atoms with van der Waals surface area (Å²) in [6.07, 6.45) is -0.124. The second-order valence-corrected chi connectivity index (χ2v) is 3.05. The van der Waals surface area contributed by atoms with Gasteiger partial charge in [-0.2, -0.15) is 0 Å². The minimum Gasteiger partial charge on any atom is -0.550 e. The quantitative estimate of drug-likeness (QED) is 0.685. The van der Waals surface area contributed by atoms with Crippen LogP contribution in [0.2, 0.25) is 5.02 Å². The Morgan fingerprint density at radius 1 is 1.58 bits per heavy atom. The van der Waals surface area contributed by atoms with Crippen LogP contribution in [0.4, 0.5) is 0 Å². The lowest BCUT2D eigenvalue weighted by Crippen LogP contribution is -2.24. The number of rotatable bonds is 2. The van der Waals surface area contributed by atoms with Gasteiger partial charge in [-0.15, -0.1) is 0 Å². The van der Waals surface area contributed by atoms with Gasteiger partial charge in [-0.3, -0.25) is 0 Å². The minimum atomic E-state index is -1.11. The summed E-state index contributed by atoms with van der Waals surface area (Å²) in [5.41, 5.74) is 1.60. The number of aryl methyl sites for hydroxylation is 1. The third-order valence-electron chi connectivity index (χ3n) is 1.54. The molecule has 1 aromatic rings. The van der Waals surface area contributed by atoms with Crippen molar-refractivity contribution in [1.82, 2.24) is 0 Å². The van der Waals surface area contributed by atoms with Crippen LogP contribution >= 0.6 is 11.6 Å². The first-order chi connectivity index (χ1) is 5.59. The predicted octanol–water partition coefficient (Wildman–Crippen LogP) is 0.941. The minimum absolute atomic E-state index is 0.124. The Balaban J connectivity index is 2.97. The van der Waals surface area contributed by atoms with Gasteiger partial charge in [-0.25, -0.2) is 0 Å². The molecule has 0 saturated carbocycles. The first kappa shape index (κ1) is 9.07. The summed E-state index contributed by atoms with van der Waals surface area (Å²) in [6, 6.07) is 5.27. The normalized spacial score (nSPS) is 9.83. The van der Waals surface area contributed by atoms with Gasteiger partial charge in [0.25, 0.3) is 0 Å². The molecule has 12 heavy (non-hydrogen) atoms. The topological polar surface area (TPSA) is 40.1 Å². The van der Waals surface area contributed by atoms with Crippen molar-refractivity contribution < 1.29 is 9.90 Å². The molecule has 0 heterocycles. The van der Waals surface area contributed by atoms with Crippen LogP contribution in [-0.4, -0.2) is 5.97 Å². The number of hydrogen-bond acceptors (Lipinski definition) is 2. The number of aliphatic carboxylic acids is 1. The number of hydrogen-bond donors (Lipinski definition) is 0. The zero-order valence-corrected chi connectivity index (χ0v) is 7.39. The lowest BCUT2D eigenvalue weighted by atomic mass is 10.1. The van der Waals surface area contributed by atoms with Crippen LogP contribution in [0.1, 0.15) is 11.1 Å². The third-order valence-corrected chi connectivity index (χ3v) is 1.90. The Labute approximate surface area is 75.8 Å². The van der Waals surface area contributed by atoms with Crippen LogP contribution in [0, 0.1) is 6.92 Å². The van der Waals surface area contributed by atoms with Crippen LogP contribution in [0.3, 0.4) is 0 Å². The van der Waals surface area contributed by atoms with Gasteiger partial charge in [-0.05, 0) is 18.6 Å². The van der Waals surface area contributed by atoms with Crippen molar-refractivity contribution in [2.24, 2.45) is 0 Å². The monoisotopic (exact) mass is 183 g/mol. The van der Waals surface area contributed by atoms with E-state index in [1.54, 1.807) is 12.1 Å². The molecule has 0 aliphatic rings. The number of carboxylic acids is 1. The van der Waals surface area contributed by atoms with Crippen molar-refractivity contribution in [1.29, 1.82) is 0 Å². The summed E-state index contributed by atoms with van der Waals surface area (Å²) in [7, 11) is 0. The predicted molar refractivity (Wildman–Crippen MR) is 44.9 cm³/mol. The number of carbonyl (C=O) groups is 1. The highest BCUT2D eigenvalue weighted by molar-refractivity contribution is 6.31. The Bertz CT molecular complexity index is 307. The lowest BCUT2D eigenvalue weighted by molar-refractivity contribution is -0.304. The highest BCUT2D eigenvalue weighted by Gasteiger charge is 1.99. The molecule has 2 nitrogen and oxygen atoms in total. The smallest absolute Gasteiger partial charge is 0.0458 e. The summed E-state index contributed by atoms with van der Waals surface area (Å²) in [6.45, 7) is 1.88. The maximum atomic E-state index is 10.3. The van der Waals surface area contributed by atoms with E-state index < -0.39 is 5.97 Å². The first-order valence-corrected chi connectivity index (χ1v) is 3.92. The third kappa shape index (κ3) is 2.24. The van der Waals surface area contributed by atoms with E-state index in [2.05, 4.69) is 0 Å². The average Bonchev–Trinajstić information content (AvgIpc) is 1.96. The fourth-order valence-corrected chi connectivity index (χ4v) is 1.18. The maximum absolute atomic E-state index is 10.3. The maximum Gasteiger partial charge on any atom is 0.0458 e. The Kier molecular flexibility index (Phi) is 2.71. The summed E-state index contributed by atoms with van der Waals surface area (Å²) >= 11 is 5.75. The van der Waals surface area contributed by atoms with Gasteiger partial charge >= 0.3 is 0 Å². The standard InChI is InChI=1S/C9H9ClO2/c1-6-2-3-8(10)7(4-6)5-9(11)12/h2-4H,5H2,1H3,(H,11,12)/p-1. The van der Waals surface area contributed by atoms with Crippen LogP contribution in [0.25, 0.3) is 0 Å². The van der Waals surface area contributed by atoms with Crippen molar-refractivity contribution in [3.8, 4) is 0 Å². The Morgan fingerprint density at radius 3 is 2.83 bits per heavy atom. The van der Waals surface area contributed by atoms with Crippen molar-refractivity contribution >= 4 is 17.6 Å². The van der Waals surface area contributed by atoms with E-state index >= 15 is 0 Å². The van der Waals surface area contributed by atoms with E-state index in [0.29, 0.717) is 10.6 Å². The molecule has 0 unspecified atom stereocenters. The molecule has 0 spiro atoms. The van der Waals surface area contributed by atoms with Gasteiger partial charge in [-0.1, -0.05) is 29.3 Å². The van der Waals surface area contributed by atoms with Gasteiger partial charge in [0.2, 0.25) is 0 Å². The van der Waals surface area contributed by atoms with Crippen molar-refractivity contribution in [3.63, 3.8) is 0 Å².